The number of aromatic nitrogens is 1. The zero-order chi connectivity index (χ0) is 20.6. The van der Waals surface area contributed by atoms with Crippen LogP contribution >= 0.6 is 11.3 Å². The Morgan fingerprint density at radius 1 is 1.10 bits per heavy atom. The lowest BCUT2D eigenvalue weighted by Gasteiger charge is -2.09. The Bertz CT molecular complexity index is 950. The second kappa shape index (κ2) is 10.3. The average molecular weight is 412 g/mol. The molecule has 3 rings (SSSR count). The van der Waals surface area contributed by atoms with Gasteiger partial charge in [0.15, 0.2) is 0 Å². The fourth-order valence-corrected chi connectivity index (χ4v) is 4.19. The highest BCUT2D eigenvalue weighted by atomic mass is 32.1. The number of pyridine rings is 1. The minimum atomic E-state index is -0.202. The van der Waals surface area contributed by atoms with E-state index in [1.54, 1.807) is 17.4 Å². The number of carbonyl (C=O) groups is 1. The number of benzene rings is 1. The van der Waals surface area contributed by atoms with Crippen LogP contribution in [0.3, 0.4) is 0 Å². The largest absolute Gasteiger partial charge is 0.466 e. The van der Waals surface area contributed by atoms with Crippen LogP contribution in [-0.4, -0.2) is 17.6 Å². The van der Waals surface area contributed by atoms with Gasteiger partial charge in [0, 0.05) is 28.1 Å². The molecule has 1 aromatic carbocycles. The Morgan fingerprint density at radius 2 is 1.97 bits per heavy atom. The molecule has 0 fully saturated rings. The van der Waals surface area contributed by atoms with Gasteiger partial charge in [-0.2, -0.15) is 0 Å². The Morgan fingerprint density at radius 3 is 2.66 bits per heavy atom. The smallest absolute Gasteiger partial charge is 0.305 e. The monoisotopic (exact) mass is 411 g/mol. The van der Waals surface area contributed by atoms with Gasteiger partial charge >= 0.3 is 5.97 Å². The Kier molecular flexibility index (Phi) is 7.53. The molecule has 2 heterocycles. The zero-order valence-corrected chi connectivity index (χ0v) is 17.7. The van der Waals surface area contributed by atoms with Gasteiger partial charge in [0.05, 0.1) is 6.61 Å². The molecule has 3 aromatic rings. The topological polar surface area (TPSA) is 39.2 Å². The van der Waals surface area contributed by atoms with Gasteiger partial charge in [-0.15, -0.1) is 11.3 Å². The van der Waals surface area contributed by atoms with Crippen LogP contribution < -0.4 is 0 Å². The van der Waals surface area contributed by atoms with E-state index in [1.807, 2.05) is 25.3 Å². The van der Waals surface area contributed by atoms with Gasteiger partial charge in [0.2, 0.25) is 0 Å². The standard InChI is InChI=1S/C24H26FNO2S/c1-3-28-24(27)6-4-5-21-12-9-18(16-26-21)8-10-19-15-20(25)11-13-22(19)23-14-7-17(2)29-23/h7,9,11-16H,3-6,8,10H2,1-2H3. The van der Waals surface area contributed by atoms with Gasteiger partial charge in [0.1, 0.15) is 5.82 Å². The molecular weight excluding hydrogens is 385 g/mol. The first-order chi connectivity index (χ1) is 14.0. The summed E-state index contributed by atoms with van der Waals surface area (Å²) in [6, 6.07) is 13.3. The fourth-order valence-electron chi connectivity index (χ4n) is 3.27. The maximum Gasteiger partial charge on any atom is 0.305 e. The van der Waals surface area contributed by atoms with Gasteiger partial charge in [0.25, 0.3) is 0 Å². The lowest BCUT2D eigenvalue weighted by Crippen LogP contribution is -2.04. The molecule has 3 nitrogen and oxygen atoms in total. The number of halogens is 1. The summed E-state index contributed by atoms with van der Waals surface area (Å²) in [5, 5.41) is 0. The molecule has 0 aliphatic carbocycles. The summed E-state index contributed by atoms with van der Waals surface area (Å²) in [4.78, 5) is 18.3. The molecule has 2 aromatic heterocycles. The Labute approximate surface area is 175 Å². The van der Waals surface area contributed by atoms with E-state index in [-0.39, 0.29) is 11.8 Å². The molecule has 0 aliphatic heterocycles. The number of aryl methyl sites for hydroxylation is 4. The third-order valence-corrected chi connectivity index (χ3v) is 5.80. The van der Waals surface area contributed by atoms with E-state index in [4.69, 9.17) is 4.74 Å². The minimum absolute atomic E-state index is 0.157. The van der Waals surface area contributed by atoms with Crippen LogP contribution in [0.5, 0.6) is 0 Å². The molecule has 0 saturated heterocycles. The summed E-state index contributed by atoms with van der Waals surface area (Å²) >= 11 is 1.73. The summed E-state index contributed by atoms with van der Waals surface area (Å²) < 4.78 is 18.8. The first-order valence-corrected chi connectivity index (χ1v) is 10.8. The van der Waals surface area contributed by atoms with Gasteiger partial charge in [-0.3, -0.25) is 9.78 Å². The Hall–Kier alpha value is -2.53. The van der Waals surface area contributed by atoms with Gasteiger partial charge in [-0.05, 0) is 86.6 Å². The van der Waals surface area contributed by atoms with Crippen molar-refractivity contribution in [3.8, 4) is 10.4 Å². The van der Waals surface area contributed by atoms with E-state index in [1.165, 1.54) is 15.8 Å². The van der Waals surface area contributed by atoms with Crippen molar-refractivity contribution in [1.82, 2.24) is 4.98 Å². The van der Waals surface area contributed by atoms with E-state index in [0.717, 1.165) is 48.1 Å². The Balaban J connectivity index is 1.59. The average Bonchev–Trinajstić information content (AvgIpc) is 3.14. The number of ether oxygens (including phenoxy) is 1. The minimum Gasteiger partial charge on any atom is -0.466 e. The summed E-state index contributed by atoms with van der Waals surface area (Å²) in [7, 11) is 0. The van der Waals surface area contributed by atoms with Crippen molar-refractivity contribution in [3.63, 3.8) is 0 Å². The molecule has 0 unspecified atom stereocenters. The van der Waals surface area contributed by atoms with Gasteiger partial charge in [-0.25, -0.2) is 4.39 Å². The van der Waals surface area contributed by atoms with Crippen LogP contribution in [0.25, 0.3) is 10.4 Å². The lowest BCUT2D eigenvalue weighted by molar-refractivity contribution is -0.143. The highest BCUT2D eigenvalue weighted by Crippen LogP contribution is 2.31. The predicted molar refractivity (Wildman–Crippen MR) is 116 cm³/mol. The van der Waals surface area contributed by atoms with Crippen molar-refractivity contribution in [2.45, 2.75) is 46.0 Å². The van der Waals surface area contributed by atoms with Crippen LogP contribution in [0.4, 0.5) is 4.39 Å². The van der Waals surface area contributed by atoms with E-state index in [2.05, 4.69) is 30.1 Å². The number of esters is 1. The van der Waals surface area contributed by atoms with Crippen LogP contribution in [-0.2, 0) is 28.8 Å². The maximum atomic E-state index is 13.8. The summed E-state index contributed by atoms with van der Waals surface area (Å²) in [5.41, 5.74) is 4.22. The number of hydrogen-bond acceptors (Lipinski definition) is 4. The molecule has 152 valence electrons. The van der Waals surface area contributed by atoms with Gasteiger partial charge in [-0.1, -0.05) is 12.1 Å². The molecular formula is C24H26FNO2S. The molecule has 0 aliphatic rings. The molecule has 29 heavy (non-hydrogen) atoms. The molecule has 0 bridgehead atoms. The number of carbonyl (C=O) groups excluding carboxylic acids is 1. The summed E-state index contributed by atoms with van der Waals surface area (Å²) in [6.45, 7) is 4.31. The van der Waals surface area contributed by atoms with Crippen molar-refractivity contribution in [2.75, 3.05) is 6.61 Å². The molecule has 0 saturated carbocycles. The second-order valence-corrected chi connectivity index (χ2v) is 8.32. The molecule has 0 radical (unpaired) electrons. The maximum absolute atomic E-state index is 13.8. The summed E-state index contributed by atoms with van der Waals surface area (Å²) in [5.74, 6) is -0.358. The first-order valence-electron chi connectivity index (χ1n) is 10.00. The third kappa shape index (κ3) is 6.23. The quantitative estimate of drug-likeness (QED) is 0.410. The normalized spacial score (nSPS) is 10.9. The fraction of sp³-hybridized carbons (Fsp3) is 0.333. The molecule has 0 N–H and O–H groups in total. The van der Waals surface area contributed by atoms with E-state index in [9.17, 15) is 9.18 Å². The van der Waals surface area contributed by atoms with Crippen molar-refractivity contribution in [2.24, 2.45) is 0 Å². The molecule has 0 atom stereocenters. The molecule has 0 spiro atoms. The summed E-state index contributed by atoms with van der Waals surface area (Å²) in [6.07, 6.45) is 5.35. The van der Waals surface area contributed by atoms with E-state index in [0.29, 0.717) is 13.0 Å². The van der Waals surface area contributed by atoms with E-state index < -0.39 is 0 Å². The molecule has 0 amide bonds. The number of thiophene rings is 1. The van der Waals surface area contributed by atoms with Crippen molar-refractivity contribution in [1.29, 1.82) is 0 Å². The predicted octanol–water partition coefficient (Wildman–Crippen LogP) is 5.93. The van der Waals surface area contributed by atoms with Crippen molar-refractivity contribution < 1.29 is 13.9 Å². The van der Waals surface area contributed by atoms with Gasteiger partial charge < -0.3 is 4.74 Å². The first kappa shape index (κ1) is 21.2. The highest BCUT2D eigenvalue weighted by molar-refractivity contribution is 7.15. The zero-order valence-electron chi connectivity index (χ0n) is 16.9. The van der Waals surface area contributed by atoms with Crippen LogP contribution in [0.1, 0.15) is 41.5 Å². The molecule has 5 heteroatoms. The number of nitrogens with zero attached hydrogens (tertiary/aromatic N) is 1. The van der Waals surface area contributed by atoms with Crippen LogP contribution in [0, 0.1) is 12.7 Å². The highest BCUT2D eigenvalue weighted by Gasteiger charge is 2.09. The van der Waals surface area contributed by atoms with E-state index >= 15 is 0 Å². The number of rotatable bonds is 9. The van der Waals surface area contributed by atoms with Crippen molar-refractivity contribution >= 4 is 17.3 Å². The SMILES string of the molecule is CCOC(=O)CCCc1ccc(CCc2cc(F)ccc2-c2ccc(C)s2)cn1. The third-order valence-electron chi connectivity index (χ3n) is 4.76. The van der Waals surface area contributed by atoms with Crippen LogP contribution in [0.15, 0.2) is 48.7 Å². The lowest BCUT2D eigenvalue weighted by atomic mass is 9.99. The van der Waals surface area contributed by atoms with Crippen molar-refractivity contribution in [3.05, 3.63) is 76.2 Å². The van der Waals surface area contributed by atoms with Crippen LogP contribution in [0.2, 0.25) is 0 Å². The number of hydrogen-bond donors (Lipinski definition) is 0. The second-order valence-electron chi connectivity index (χ2n) is 7.03.